The van der Waals surface area contributed by atoms with Crippen LogP contribution in [-0.4, -0.2) is 123 Å². The zero-order valence-electron chi connectivity index (χ0n) is 35.1. The fourth-order valence-electron chi connectivity index (χ4n) is 8.11. The maximum absolute atomic E-state index is 13.2. The standard InChI is InChI=1S/C31H32N4O5.C14H14N2O2.CH4.BH2P/c1-18-8-21-14-32-25-12-27(20(3)10-23(25)30(36)34(21)16-18)39-6-5-7-40-29-13-26-24(11-28(29)38-4)31(37)35-17-19(2)9-22(35)15-33-26;1-8-3-10-6-15-12-5-13(17)9(2)4-11(12)14(18)16(10)7-8;;1-2/h10-15,21-22H,1-2,5-9,16-17H2,3-4H3;4-6,10,17H,1,3,7H2,2H3;1H4;2H2/t21-,22-;10-;;/m00../s1/i;;;2D. The van der Waals surface area contributed by atoms with Crippen molar-refractivity contribution in [3.63, 3.8) is 0 Å². The molecule has 0 saturated carbocycles. The average Bonchev–Trinajstić information content (AvgIpc) is 3.87. The van der Waals surface area contributed by atoms with E-state index in [2.05, 4.69) is 42.3 Å². The Labute approximate surface area is 362 Å². The van der Waals surface area contributed by atoms with Crippen LogP contribution in [0.15, 0.2) is 87.8 Å². The molecule has 0 bridgehead atoms. The summed E-state index contributed by atoms with van der Waals surface area (Å²) >= 11 is 0. The highest BCUT2D eigenvalue weighted by Crippen LogP contribution is 2.39. The Morgan fingerprint density at radius 1 is 0.689 bits per heavy atom. The molecular formula is C46H52BN6O7P. The predicted octanol–water partition coefficient (Wildman–Crippen LogP) is 7.59. The minimum Gasteiger partial charge on any atom is -0.508 e. The van der Waals surface area contributed by atoms with Gasteiger partial charge in [0, 0.05) is 64.2 Å². The summed E-state index contributed by atoms with van der Waals surface area (Å²) in [6.07, 6.45) is 8.28. The third-order valence-electron chi connectivity index (χ3n) is 11.2. The van der Waals surface area contributed by atoms with Gasteiger partial charge in [0.2, 0.25) is 0 Å². The van der Waals surface area contributed by atoms with Gasteiger partial charge in [-0.2, -0.15) is 9.06 Å². The number of carbonyl (C=O) groups is 3. The smallest absolute Gasteiger partial charge is 0.257 e. The highest BCUT2D eigenvalue weighted by atomic mass is 31.0. The first-order valence-corrected chi connectivity index (χ1v) is 20.3. The van der Waals surface area contributed by atoms with Crippen molar-refractivity contribution in [2.24, 2.45) is 15.0 Å². The van der Waals surface area contributed by atoms with Crippen molar-refractivity contribution in [2.45, 2.75) is 65.1 Å². The highest BCUT2D eigenvalue weighted by Gasteiger charge is 2.36. The van der Waals surface area contributed by atoms with E-state index in [0.29, 0.717) is 95.8 Å². The van der Waals surface area contributed by atoms with Gasteiger partial charge in [0.25, 0.3) is 17.7 Å². The number of hydrogen-bond donors (Lipinski definition) is 1. The average molecular weight is 844 g/mol. The van der Waals surface area contributed by atoms with Crippen molar-refractivity contribution in [3.05, 3.63) is 101 Å². The lowest BCUT2D eigenvalue weighted by atomic mass is 10.1. The van der Waals surface area contributed by atoms with Crippen LogP contribution < -0.4 is 14.2 Å². The van der Waals surface area contributed by atoms with Gasteiger partial charge in [0.15, 0.2) is 11.5 Å². The topological polar surface area (TPSA) is 146 Å². The Kier molecular flexibility index (Phi) is 13.2. The lowest BCUT2D eigenvalue weighted by Crippen LogP contribution is -2.35. The lowest BCUT2D eigenvalue weighted by molar-refractivity contribution is 0.0770. The van der Waals surface area contributed by atoms with E-state index < -0.39 is 0 Å². The highest BCUT2D eigenvalue weighted by molar-refractivity contribution is 7.49. The van der Waals surface area contributed by atoms with Crippen molar-refractivity contribution < 1.29 is 33.7 Å². The number of carbonyl (C=O) groups excluding carboxylic acids is 3. The quantitative estimate of drug-likeness (QED) is 0.112. The molecule has 13 nitrogen and oxygen atoms in total. The van der Waals surface area contributed by atoms with Crippen LogP contribution >= 0.6 is 9.06 Å². The molecule has 0 aliphatic carbocycles. The summed E-state index contributed by atoms with van der Waals surface area (Å²) in [5.74, 6) is 1.73. The van der Waals surface area contributed by atoms with E-state index in [0.717, 1.165) is 41.5 Å². The van der Waals surface area contributed by atoms with Crippen molar-refractivity contribution in [3.8, 4) is 23.0 Å². The number of phenols is 1. The zero-order valence-corrected chi connectivity index (χ0v) is 35.1. The summed E-state index contributed by atoms with van der Waals surface area (Å²) in [5.41, 5.74) is 8.05. The van der Waals surface area contributed by atoms with E-state index in [4.69, 9.17) is 15.5 Å². The van der Waals surface area contributed by atoms with Crippen LogP contribution in [0, 0.1) is 13.8 Å². The minimum atomic E-state index is -0.167. The number of rotatable bonds is 7. The molecule has 3 fully saturated rings. The van der Waals surface area contributed by atoms with Crippen molar-refractivity contribution >= 4 is 70.1 Å². The van der Waals surface area contributed by atoms with Gasteiger partial charge in [0.1, 0.15) is 11.5 Å². The number of ether oxygens (including phenoxy) is 3. The second-order valence-corrected chi connectivity index (χ2v) is 15.6. The van der Waals surface area contributed by atoms with Gasteiger partial charge in [-0.15, -0.1) is 0 Å². The van der Waals surface area contributed by atoms with Gasteiger partial charge in [0.05, 0.1) is 79.8 Å². The molecule has 9 rings (SSSR count). The lowest BCUT2D eigenvalue weighted by Gasteiger charge is -2.20. The first-order chi connectivity index (χ1) is 29.3. The predicted molar refractivity (Wildman–Crippen MR) is 245 cm³/mol. The monoisotopic (exact) mass is 843 g/mol. The molecule has 6 aliphatic rings. The van der Waals surface area contributed by atoms with Gasteiger partial charge in [-0.05, 0) is 62.4 Å². The number of aliphatic imine (C=N–C) groups is 3. The number of aryl methyl sites for hydroxylation is 2. The van der Waals surface area contributed by atoms with E-state index in [9.17, 15) is 19.5 Å². The Balaban J connectivity index is 0.000000243. The number of phenolic OH excluding ortho intramolecular Hbond substituents is 1. The van der Waals surface area contributed by atoms with Crippen LogP contribution in [0.4, 0.5) is 17.1 Å². The second-order valence-electron chi connectivity index (χ2n) is 15.6. The Morgan fingerprint density at radius 2 is 1.08 bits per heavy atom. The molecule has 61 heavy (non-hydrogen) atoms. The van der Waals surface area contributed by atoms with Crippen molar-refractivity contribution in [1.29, 1.82) is 1.28 Å². The molecule has 3 saturated heterocycles. The summed E-state index contributed by atoms with van der Waals surface area (Å²) in [6, 6.07) is 10.3. The molecular weight excluding hydrogens is 790 g/mol. The fraction of sp³-hybridized carbons (Fsp3) is 0.348. The zero-order chi connectivity index (χ0) is 43.5. The van der Waals surface area contributed by atoms with Crippen molar-refractivity contribution in [1.82, 2.24) is 14.7 Å². The van der Waals surface area contributed by atoms with Gasteiger partial charge in [-0.25, -0.2) is 0 Å². The van der Waals surface area contributed by atoms with Crippen LogP contribution in [0.25, 0.3) is 0 Å². The number of fused-ring (bicyclic) bond motifs is 6. The third-order valence-corrected chi connectivity index (χ3v) is 11.2. The van der Waals surface area contributed by atoms with Gasteiger partial charge in [-0.1, -0.05) is 43.9 Å². The first-order valence-electron chi connectivity index (χ1n) is 20.2. The van der Waals surface area contributed by atoms with E-state index >= 15 is 0 Å². The summed E-state index contributed by atoms with van der Waals surface area (Å²) in [6.45, 7) is 18.2. The van der Waals surface area contributed by atoms with E-state index in [-0.39, 0.29) is 58.1 Å². The van der Waals surface area contributed by atoms with E-state index in [1.54, 1.807) is 54.3 Å². The maximum Gasteiger partial charge on any atom is 0.257 e. The van der Waals surface area contributed by atoms with Crippen molar-refractivity contribution in [2.75, 3.05) is 40.0 Å². The Hall–Kier alpha value is -6.01. The number of benzene rings is 3. The normalized spacial score (nSPS) is 20.7. The van der Waals surface area contributed by atoms with Crippen LogP contribution in [0.3, 0.4) is 0 Å². The molecule has 3 aromatic carbocycles. The number of hydrogen-bond acceptors (Lipinski definition) is 10. The number of methoxy groups -OCH3 is 1. The number of aromatic hydroxyl groups is 1. The van der Waals surface area contributed by atoms with Crippen LogP contribution in [-0.2, 0) is 0 Å². The molecule has 3 amide bonds. The molecule has 3 aromatic rings. The van der Waals surface area contributed by atoms with Gasteiger partial charge < -0.3 is 34.0 Å². The van der Waals surface area contributed by atoms with Gasteiger partial charge >= 0.3 is 0 Å². The molecule has 2 radical (unpaired) electrons. The van der Waals surface area contributed by atoms with Crippen LogP contribution in [0.2, 0.25) is 0 Å². The van der Waals surface area contributed by atoms with E-state index in [1.165, 1.54) is 0 Å². The molecule has 1 unspecified atom stereocenters. The molecule has 0 aromatic heterocycles. The van der Waals surface area contributed by atoms with E-state index in [1.807, 2.05) is 36.4 Å². The summed E-state index contributed by atoms with van der Waals surface area (Å²) in [7, 11) is 5.93. The fourth-order valence-corrected chi connectivity index (χ4v) is 8.11. The molecule has 4 atom stereocenters. The Morgan fingerprint density at radius 3 is 1.54 bits per heavy atom. The maximum atomic E-state index is 13.2. The summed E-state index contributed by atoms with van der Waals surface area (Å²) < 4.78 is 23.6. The second kappa shape index (κ2) is 18.7. The van der Waals surface area contributed by atoms with Crippen LogP contribution in [0.5, 0.6) is 23.0 Å². The minimum absolute atomic E-state index is 0. The molecule has 316 valence electrons. The van der Waals surface area contributed by atoms with Crippen LogP contribution in [0.1, 0.15) is 75.3 Å². The SMILES string of the molecule is C.C=C1C[C@H]2C=Nc3cc(O)c(C)cc3C(=O)N2C1.C=C1C[C@H]2C=Nc3cc(OCCCOc4cc5c(cc4OC)C(=O)N4CC(=C)C[C@H]4C=N5)c(C)cc3C(=O)N2C1.[2H]P[B]. The molecule has 6 heterocycles. The molecule has 15 heteroatoms. The number of amides is 3. The Bertz CT molecular complexity index is 2420. The first kappa shape index (κ1) is 43.1. The number of nitrogens with zero attached hydrogens (tertiary/aromatic N) is 6. The largest absolute Gasteiger partial charge is 0.508 e. The third kappa shape index (κ3) is 9.05. The summed E-state index contributed by atoms with van der Waals surface area (Å²) in [4.78, 5) is 57.6. The summed E-state index contributed by atoms with van der Waals surface area (Å²) in [5, 5.41) is 9.69. The molecule has 0 spiro atoms. The molecule has 6 aliphatic heterocycles. The van der Waals surface area contributed by atoms with Gasteiger partial charge in [-0.3, -0.25) is 29.4 Å². The molecule has 1 N–H and O–H groups in total.